The van der Waals surface area contributed by atoms with Gasteiger partial charge in [-0.05, 0) is 49.2 Å². The van der Waals surface area contributed by atoms with Crippen LogP contribution in [-0.2, 0) is 9.59 Å². The Morgan fingerprint density at radius 3 is 2.30 bits per heavy atom. The molecular formula is C25H26N2O2S. The van der Waals surface area contributed by atoms with E-state index in [1.54, 1.807) is 0 Å². The van der Waals surface area contributed by atoms with Gasteiger partial charge in [0.1, 0.15) is 5.25 Å². The van der Waals surface area contributed by atoms with Crippen molar-refractivity contribution in [3.63, 3.8) is 0 Å². The van der Waals surface area contributed by atoms with Gasteiger partial charge in [0.25, 0.3) is 0 Å². The van der Waals surface area contributed by atoms with E-state index in [2.05, 4.69) is 10.6 Å². The van der Waals surface area contributed by atoms with E-state index in [1.807, 2.05) is 92.7 Å². The number of nitrogens with one attached hydrogen (secondary N) is 2. The number of hydrogen-bond acceptors (Lipinski definition) is 3. The summed E-state index contributed by atoms with van der Waals surface area (Å²) in [6, 6.07) is 25.1. The molecule has 154 valence electrons. The maximum absolute atomic E-state index is 13.1. The van der Waals surface area contributed by atoms with Crippen LogP contribution >= 0.6 is 11.8 Å². The summed E-state index contributed by atoms with van der Waals surface area (Å²) in [5, 5.41) is 5.52. The van der Waals surface area contributed by atoms with Gasteiger partial charge in [0, 0.05) is 22.7 Å². The number of amides is 2. The Morgan fingerprint density at radius 1 is 0.867 bits per heavy atom. The SMILES string of the molecule is CCCC(=O)Nc1cccc(SC(C(=O)Nc2ccc(C)cc2)c2ccccc2)c1. The van der Waals surface area contributed by atoms with Gasteiger partial charge < -0.3 is 10.6 Å². The van der Waals surface area contributed by atoms with E-state index in [4.69, 9.17) is 0 Å². The van der Waals surface area contributed by atoms with E-state index < -0.39 is 5.25 Å². The Morgan fingerprint density at radius 2 is 1.60 bits per heavy atom. The second-order valence-corrected chi connectivity index (χ2v) is 8.27. The summed E-state index contributed by atoms with van der Waals surface area (Å²) in [4.78, 5) is 26.0. The molecule has 1 unspecified atom stereocenters. The average molecular weight is 419 g/mol. The monoisotopic (exact) mass is 418 g/mol. The largest absolute Gasteiger partial charge is 0.326 e. The molecule has 3 aromatic rings. The molecule has 0 aliphatic rings. The standard InChI is InChI=1S/C25H26N2O2S/c1-3-8-23(28)26-21-11-7-12-22(17-21)30-24(19-9-5-4-6-10-19)25(29)27-20-15-13-18(2)14-16-20/h4-7,9-17,24H,3,8H2,1-2H3,(H,26,28)(H,27,29). The van der Waals surface area contributed by atoms with E-state index in [-0.39, 0.29) is 11.8 Å². The fraction of sp³-hybridized carbons (Fsp3) is 0.200. The van der Waals surface area contributed by atoms with Crippen molar-refractivity contribution in [3.8, 4) is 0 Å². The molecule has 0 aliphatic heterocycles. The molecule has 3 aromatic carbocycles. The number of hydrogen-bond donors (Lipinski definition) is 2. The van der Waals surface area contributed by atoms with Crippen LogP contribution in [0, 0.1) is 6.92 Å². The van der Waals surface area contributed by atoms with Crippen LogP contribution in [-0.4, -0.2) is 11.8 Å². The molecule has 0 spiro atoms. The van der Waals surface area contributed by atoms with E-state index in [0.717, 1.165) is 33.8 Å². The van der Waals surface area contributed by atoms with Crippen molar-refractivity contribution in [2.24, 2.45) is 0 Å². The molecular weight excluding hydrogens is 392 g/mol. The van der Waals surface area contributed by atoms with Crippen molar-refractivity contribution in [2.45, 2.75) is 36.8 Å². The zero-order chi connectivity index (χ0) is 21.3. The Balaban J connectivity index is 1.80. The Bertz CT molecular complexity index is 988. The molecule has 3 rings (SSSR count). The minimum atomic E-state index is -0.422. The molecule has 0 saturated carbocycles. The van der Waals surface area contributed by atoms with Gasteiger partial charge in [-0.3, -0.25) is 9.59 Å². The molecule has 0 fully saturated rings. The van der Waals surface area contributed by atoms with Crippen LogP contribution in [0.3, 0.4) is 0 Å². The first kappa shape index (κ1) is 21.7. The first-order chi connectivity index (χ1) is 14.5. The first-order valence-electron chi connectivity index (χ1n) is 10.0. The lowest BCUT2D eigenvalue weighted by Crippen LogP contribution is -2.19. The maximum Gasteiger partial charge on any atom is 0.242 e. The lowest BCUT2D eigenvalue weighted by atomic mass is 10.1. The summed E-state index contributed by atoms with van der Waals surface area (Å²) in [6.07, 6.45) is 1.29. The third-order valence-corrected chi connectivity index (χ3v) is 5.76. The van der Waals surface area contributed by atoms with E-state index in [9.17, 15) is 9.59 Å². The fourth-order valence-corrected chi connectivity index (χ4v) is 4.06. The van der Waals surface area contributed by atoms with Crippen molar-refractivity contribution in [3.05, 3.63) is 90.0 Å². The summed E-state index contributed by atoms with van der Waals surface area (Å²) in [7, 11) is 0. The third-order valence-electron chi connectivity index (χ3n) is 4.51. The van der Waals surface area contributed by atoms with Crippen molar-refractivity contribution >= 4 is 35.0 Å². The molecule has 0 radical (unpaired) electrons. The molecule has 2 amide bonds. The van der Waals surface area contributed by atoms with Gasteiger partial charge in [-0.25, -0.2) is 0 Å². The van der Waals surface area contributed by atoms with Gasteiger partial charge in [0.05, 0.1) is 0 Å². The second-order valence-electron chi connectivity index (χ2n) is 7.09. The summed E-state index contributed by atoms with van der Waals surface area (Å²) in [5.74, 6) is -0.0909. The zero-order valence-electron chi connectivity index (χ0n) is 17.2. The average Bonchev–Trinajstić information content (AvgIpc) is 2.74. The molecule has 0 heterocycles. The number of benzene rings is 3. The van der Waals surface area contributed by atoms with Crippen molar-refractivity contribution in [1.29, 1.82) is 0 Å². The highest BCUT2D eigenvalue weighted by Gasteiger charge is 2.22. The number of rotatable bonds is 8. The van der Waals surface area contributed by atoms with E-state index in [0.29, 0.717) is 6.42 Å². The van der Waals surface area contributed by atoms with Gasteiger partial charge in [-0.1, -0.05) is 61.0 Å². The summed E-state index contributed by atoms with van der Waals surface area (Å²) >= 11 is 1.46. The number of aryl methyl sites for hydroxylation is 1. The highest BCUT2D eigenvalue weighted by atomic mass is 32.2. The Labute approximate surface area is 182 Å². The van der Waals surface area contributed by atoms with Crippen LogP contribution < -0.4 is 10.6 Å². The van der Waals surface area contributed by atoms with Crippen LogP contribution in [0.4, 0.5) is 11.4 Å². The molecule has 1 atom stereocenters. The lowest BCUT2D eigenvalue weighted by molar-refractivity contribution is -0.116. The topological polar surface area (TPSA) is 58.2 Å². The number of carbonyl (C=O) groups excluding carboxylic acids is 2. The number of carbonyl (C=O) groups is 2. The molecule has 0 saturated heterocycles. The predicted octanol–water partition coefficient (Wildman–Crippen LogP) is 6.21. The Hall–Kier alpha value is -3.05. The molecule has 2 N–H and O–H groups in total. The molecule has 30 heavy (non-hydrogen) atoms. The fourth-order valence-electron chi connectivity index (χ4n) is 2.98. The number of thioether (sulfide) groups is 1. The predicted molar refractivity (Wildman–Crippen MR) is 125 cm³/mol. The third kappa shape index (κ3) is 6.22. The van der Waals surface area contributed by atoms with Crippen LogP contribution in [0.5, 0.6) is 0 Å². The van der Waals surface area contributed by atoms with E-state index >= 15 is 0 Å². The maximum atomic E-state index is 13.1. The van der Waals surface area contributed by atoms with Crippen LogP contribution in [0.2, 0.25) is 0 Å². The first-order valence-corrected chi connectivity index (χ1v) is 10.9. The Kier molecular flexibility index (Phi) is 7.69. The van der Waals surface area contributed by atoms with Crippen LogP contribution in [0.1, 0.15) is 36.1 Å². The molecule has 0 bridgehead atoms. The minimum Gasteiger partial charge on any atom is -0.326 e. The molecule has 0 aromatic heterocycles. The van der Waals surface area contributed by atoms with Crippen LogP contribution in [0.15, 0.2) is 83.8 Å². The summed E-state index contributed by atoms with van der Waals surface area (Å²) in [5.41, 5.74) is 3.58. The van der Waals surface area contributed by atoms with Gasteiger partial charge >= 0.3 is 0 Å². The highest BCUT2D eigenvalue weighted by Crippen LogP contribution is 2.37. The molecule has 0 aliphatic carbocycles. The highest BCUT2D eigenvalue weighted by molar-refractivity contribution is 8.00. The summed E-state index contributed by atoms with van der Waals surface area (Å²) in [6.45, 7) is 3.99. The molecule has 5 heteroatoms. The van der Waals surface area contributed by atoms with Gasteiger partial charge in [-0.2, -0.15) is 0 Å². The van der Waals surface area contributed by atoms with Gasteiger partial charge in [0.2, 0.25) is 11.8 Å². The molecule has 4 nitrogen and oxygen atoms in total. The zero-order valence-corrected chi connectivity index (χ0v) is 18.0. The minimum absolute atomic E-state index is 0.00336. The lowest BCUT2D eigenvalue weighted by Gasteiger charge is -2.18. The quantitative estimate of drug-likeness (QED) is 0.428. The van der Waals surface area contributed by atoms with Crippen molar-refractivity contribution in [2.75, 3.05) is 10.6 Å². The van der Waals surface area contributed by atoms with Gasteiger partial charge in [-0.15, -0.1) is 11.8 Å². The van der Waals surface area contributed by atoms with Crippen molar-refractivity contribution < 1.29 is 9.59 Å². The van der Waals surface area contributed by atoms with Gasteiger partial charge in [0.15, 0.2) is 0 Å². The van der Waals surface area contributed by atoms with Crippen molar-refractivity contribution in [1.82, 2.24) is 0 Å². The normalized spacial score (nSPS) is 11.5. The second kappa shape index (κ2) is 10.6. The van der Waals surface area contributed by atoms with E-state index in [1.165, 1.54) is 11.8 Å². The summed E-state index contributed by atoms with van der Waals surface area (Å²) < 4.78 is 0. The van der Waals surface area contributed by atoms with Crippen LogP contribution in [0.25, 0.3) is 0 Å². The number of anilines is 2. The smallest absolute Gasteiger partial charge is 0.242 e.